The van der Waals surface area contributed by atoms with Crippen molar-refractivity contribution in [1.29, 1.82) is 0 Å². The summed E-state index contributed by atoms with van der Waals surface area (Å²) in [6.07, 6.45) is 0. The molecule has 0 unspecified atom stereocenters. The third-order valence-electron chi connectivity index (χ3n) is 2.94. The van der Waals surface area contributed by atoms with Gasteiger partial charge in [0.15, 0.2) is 23.3 Å². The molecule has 0 bridgehead atoms. The highest BCUT2D eigenvalue weighted by atomic mass is 32.1. The van der Waals surface area contributed by atoms with Crippen LogP contribution < -0.4 is 10.2 Å². The Morgan fingerprint density at radius 1 is 0.864 bits per heavy atom. The van der Waals surface area contributed by atoms with Crippen molar-refractivity contribution in [3.63, 3.8) is 0 Å². The van der Waals surface area contributed by atoms with E-state index in [-0.39, 0.29) is 0 Å². The predicted molar refractivity (Wildman–Crippen MR) is 82.4 cm³/mol. The van der Waals surface area contributed by atoms with Crippen molar-refractivity contribution < 1.29 is 26.9 Å². The van der Waals surface area contributed by atoms with Crippen LogP contribution in [-0.2, 0) is 12.6 Å². The number of quaternary nitrogens is 1. The highest BCUT2D eigenvalue weighted by Crippen LogP contribution is 2.26. The van der Waals surface area contributed by atoms with Gasteiger partial charge in [-0.15, -0.1) is 0 Å². The summed E-state index contributed by atoms with van der Waals surface area (Å²) in [5, 5.41) is 1.70. The van der Waals surface area contributed by atoms with Crippen molar-refractivity contribution in [2.45, 2.75) is 20.8 Å². The van der Waals surface area contributed by atoms with Gasteiger partial charge in [-0.25, -0.2) is 22.0 Å². The smallest absolute Gasteiger partial charge is 0.200 e. The Balaban J connectivity index is 0.000000534. The maximum absolute atomic E-state index is 12.9. The average molecular weight is 360 g/mol. The van der Waals surface area contributed by atoms with Crippen LogP contribution in [-0.4, -0.2) is 24.0 Å². The van der Waals surface area contributed by atoms with Crippen LogP contribution in [0.15, 0.2) is 0 Å². The predicted octanol–water partition coefficient (Wildman–Crippen LogP) is 2.56. The molecule has 22 heavy (non-hydrogen) atoms. The standard InChI is InChI=1S/C7H2F5NS2.C6H15N/c8-1-2(9)4(11)6(13-7(14)15)5(12)3(1)10;1-4-7(5-2)6-3/h(H2,13,14,15);4-6H2,1-3H3. The van der Waals surface area contributed by atoms with Gasteiger partial charge in [0.05, 0.1) is 19.6 Å². The lowest BCUT2D eigenvalue weighted by Crippen LogP contribution is -3.11. The summed E-state index contributed by atoms with van der Waals surface area (Å²) in [5.74, 6) is -10.3. The van der Waals surface area contributed by atoms with Crippen LogP contribution >= 0.6 is 12.2 Å². The quantitative estimate of drug-likeness (QED) is 0.283. The van der Waals surface area contributed by atoms with Gasteiger partial charge in [-0.3, -0.25) is 0 Å². The van der Waals surface area contributed by atoms with Crippen LogP contribution in [0.4, 0.5) is 27.6 Å². The van der Waals surface area contributed by atoms with Crippen molar-refractivity contribution in [3.8, 4) is 0 Å². The summed E-state index contributed by atoms with van der Waals surface area (Å²) in [7, 11) is 0. The van der Waals surface area contributed by atoms with E-state index in [4.69, 9.17) is 0 Å². The molecule has 0 aliphatic rings. The van der Waals surface area contributed by atoms with Gasteiger partial charge in [0.1, 0.15) is 5.69 Å². The van der Waals surface area contributed by atoms with E-state index in [1.54, 1.807) is 10.2 Å². The minimum Gasteiger partial charge on any atom is -0.411 e. The molecule has 1 aromatic rings. The molecule has 126 valence electrons. The molecule has 2 N–H and O–H groups in total. The lowest BCUT2D eigenvalue weighted by Gasteiger charge is -2.12. The van der Waals surface area contributed by atoms with Crippen LogP contribution in [0.1, 0.15) is 20.8 Å². The second kappa shape index (κ2) is 9.86. The fourth-order valence-corrected chi connectivity index (χ4v) is 1.77. The normalized spacial score (nSPS) is 10.2. The van der Waals surface area contributed by atoms with Crippen molar-refractivity contribution >= 4 is 34.9 Å². The molecule has 0 atom stereocenters. The van der Waals surface area contributed by atoms with Crippen LogP contribution in [0, 0.1) is 29.1 Å². The monoisotopic (exact) mass is 360 g/mol. The van der Waals surface area contributed by atoms with E-state index in [0.29, 0.717) is 0 Å². The Morgan fingerprint density at radius 2 is 1.18 bits per heavy atom. The first-order chi connectivity index (χ1) is 10.2. The summed E-state index contributed by atoms with van der Waals surface area (Å²) in [6, 6.07) is 0. The molecular formula is C13H17F5N2S2. The maximum Gasteiger partial charge on any atom is 0.200 e. The number of hydrogen-bond donors (Lipinski definition) is 2. The van der Waals surface area contributed by atoms with Crippen LogP contribution in [0.25, 0.3) is 0 Å². The van der Waals surface area contributed by atoms with Crippen molar-refractivity contribution in [2.75, 3.05) is 25.0 Å². The zero-order chi connectivity index (χ0) is 17.4. The lowest BCUT2D eigenvalue weighted by molar-refractivity contribution is -0.894. The van der Waals surface area contributed by atoms with Crippen molar-refractivity contribution in [2.24, 2.45) is 0 Å². The molecule has 2 nitrogen and oxygen atoms in total. The summed E-state index contributed by atoms with van der Waals surface area (Å²) in [5.41, 5.74) is -1.24. The van der Waals surface area contributed by atoms with Gasteiger partial charge in [-0.2, -0.15) is 0 Å². The molecule has 0 fully saturated rings. The number of hydrogen-bond acceptors (Lipinski definition) is 2. The number of benzene rings is 1. The first-order valence-electron chi connectivity index (χ1n) is 6.54. The second-order valence-corrected chi connectivity index (χ2v) is 5.24. The molecule has 0 amide bonds. The first kappa shape index (κ1) is 20.9. The molecule has 0 aliphatic heterocycles. The average Bonchev–Trinajstić information content (AvgIpc) is 2.50. The number of thiocarbonyl (C=S) groups is 1. The van der Waals surface area contributed by atoms with Gasteiger partial charge >= 0.3 is 0 Å². The third-order valence-corrected chi connectivity index (χ3v) is 3.14. The van der Waals surface area contributed by atoms with E-state index >= 15 is 0 Å². The van der Waals surface area contributed by atoms with Gasteiger partial charge in [-0.1, -0.05) is 4.32 Å². The zero-order valence-electron chi connectivity index (χ0n) is 12.3. The van der Waals surface area contributed by atoms with E-state index in [9.17, 15) is 22.0 Å². The number of rotatable bonds is 4. The SMILES string of the molecule is CC[NH+](CC)CC.Fc1c(F)c(F)c(NC(=S)[S-])c(F)c1F. The molecule has 0 aliphatic carbocycles. The fraction of sp³-hybridized carbons (Fsp3) is 0.462. The Bertz CT molecular complexity index is 487. The second-order valence-electron chi connectivity index (χ2n) is 4.17. The van der Waals surface area contributed by atoms with Crippen LogP contribution in [0.3, 0.4) is 0 Å². The Hall–Kier alpha value is -1.06. The molecule has 1 rings (SSSR count). The van der Waals surface area contributed by atoms with E-state index in [1.165, 1.54) is 19.6 Å². The van der Waals surface area contributed by atoms with E-state index in [0.717, 1.165) is 0 Å². The van der Waals surface area contributed by atoms with Crippen LogP contribution in [0.5, 0.6) is 0 Å². The minimum absolute atomic E-state index is 0.529. The molecule has 0 saturated heterocycles. The largest absolute Gasteiger partial charge is 0.411 e. The Morgan fingerprint density at radius 3 is 1.41 bits per heavy atom. The molecule has 0 spiro atoms. The summed E-state index contributed by atoms with van der Waals surface area (Å²) in [4.78, 5) is 1.68. The molecule has 0 saturated carbocycles. The summed E-state index contributed by atoms with van der Waals surface area (Å²) in [6.45, 7) is 10.5. The van der Waals surface area contributed by atoms with E-state index < -0.39 is 39.1 Å². The molecule has 9 heteroatoms. The number of anilines is 1. The van der Waals surface area contributed by atoms with Crippen molar-refractivity contribution in [1.82, 2.24) is 0 Å². The van der Waals surface area contributed by atoms with Crippen molar-refractivity contribution in [3.05, 3.63) is 29.1 Å². The summed E-state index contributed by atoms with van der Waals surface area (Å²) < 4.78 is 62.9. The van der Waals surface area contributed by atoms with E-state index in [1.807, 2.05) is 0 Å². The van der Waals surface area contributed by atoms with Gasteiger partial charge in [-0.05, 0) is 20.8 Å². The highest BCUT2D eigenvalue weighted by molar-refractivity contribution is 8.00. The molecule has 0 aromatic heterocycles. The van der Waals surface area contributed by atoms with Gasteiger partial charge in [0.25, 0.3) is 0 Å². The maximum atomic E-state index is 12.9. The Labute approximate surface area is 137 Å². The Kier molecular flexibility index (Phi) is 9.38. The molecular weight excluding hydrogens is 343 g/mol. The number of nitrogens with one attached hydrogen (secondary N) is 2. The summed E-state index contributed by atoms with van der Waals surface area (Å²) >= 11 is 8.50. The first-order valence-corrected chi connectivity index (χ1v) is 7.35. The van der Waals surface area contributed by atoms with Crippen LogP contribution in [0.2, 0.25) is 0 Å². The minimum atomic E-state index is -2.23. The third kappa shape index (κ3) is 5.62. The number of halogens is 5. The van der Waals surface area contributed by atoms with Gasteiger partial charge in [0.2, 0.25) is 5.82 Å². The zero-order valence-corrected chi connectivity index (χ0v) is 14.0. The van der Waals surface area contributed by atoms with Gasteiger partial charge < -0.3 is 35.1 Å². The molecule has 0 radical (unpaired) electrons. The molecule has 1 aromatic carbocycles. The van der Waals surface area contributed by atoms with Gasteiger partial charge in [0, 0.05) is 0 Å². The van der Waals surface area contributed by atoms with E-state index in [2.05, 4.69) is 45.6 Å². The topological polar surface area (TPSA) is 16.5 Å². The molecule has 0 heterocycles. The highest BCUT2D eigenvalue weighted by Gasteiger charge is 2.25. The fourth-order valence-electron chi connectivity index (χ4n) is 1.57. The lowest BCUT2D eigenvalue weighted by atomic mass is 10.2.